The molecule has 10 heteroatoms. The van der Waals surface area contributed by atoms with Gasteiger partial charge in [0.2, 0.25) is 10.5 Å². The molecular formula is C18H20F3N5OS. The van der Waals surface area contributed by atoms with Gasteiger partial charge in [0.05, 0.1) is 24.1 Å². The first kappa shape index (κ1) is 20.3. The van der Waals surface area contributed by atoms with Gasteiger partial charge in [0.1, 0.15) is 0 Å². The van der Waals surface area contributed by atoms with Crippen molar-refractivity contribution in [3.8, 4) is 0 Å². The molecule has 0 N–H and O–H groups in total. The molecular weight excluding hydrogens is 391 g/mol. The van der Waals surface area contributed by atoms with Crippen molar-refractivity contribution in [1.29, 1.82) is 0 Å². The lowest BCUT2D eigenvalue weighted by molar-refractivity contribution is -0.149. The van der Waals surface area contributed by atoms with Crippen LogP contribution < -0.4 is 5.56 Å². The average Bonchev–Trinajstić information content (AvgIpc) is 2.94. The second-order valence-corrected chi connectivity index (χ2v) is 6.81. The molecule has 0 fully saturated rings. The Balaban J connectivity index is 2.20. The number of alkyl halides is 3. The third-order valence-corrected chi connectivity index (χ3v) is 4.67. The number of allylic oxidation sites excluding steroid dienone is 1. The van der Waals surface area contributed by atoms with Gasteiger partial charge in [0, 0.05) is 6.54 Å². The molecule has 2 heterocycles. The lowest BCUT2D eigenvalue weighted by atomic mass is 10.2. The third kappa shape index (κ3) is 3.88. The minimum Gasteiger partial charge on any atom is -0.276 e. The Hall–Kier alpha value is -2.46. The molecule has 0 radical (unpaired) electrons. The second kappa shape index (κ2) is 7.88. The highest BCUT2D eigenvalue weighted by Gasteiger charge is 2.31. The Morgan fingerprint density at radius 3 is 2.68 bits per heavy atom. The first-order valence-corrected chi connectivity index (χ1v) is 9.18. The fourth-order valence-electron chi connectivity index (χ4n) is 3.21. The summed E-state index contributed by atoms with van der Waals surface area (Å²) in [6, 6.07) is 6.94. The maximum Gasteiger partial charge on any atom is 0.401 e. The van der Waals surface area contributed by atoms with E-state index in [0.29, 0.717) is 17.3 Å². The van der Waals surface area contributed by atoms with Crippen LogP contribution in [0, 0.1) is 4.77 Å². The lowest BCUT2D eigenvalue weighted by Gasteiger charge is -2.22. The van der Waals surface area contributed by atoms with Crippen molar-refractivity contribution in [2.24, 2.45) is 0 Å². The van der Waals surface area contributed by atoms with E-state index in [4.69, 9.17) is 12.2 Å². The predicted molar refractivity (Wildman–Crippen MR) is 104 cm³/mol. The van der Waals surface area contributed by atoms with E-state index in [0.717, 1.165) is 0 Å². The summed E-state index contributed by atoms with van der Waals surface area (Å²) < 4.78 is 43.3. The van der Waals surface area contributed by atoms with E-state index in [1.165, 1.54) is 14.1 Å². The number of fused-ring (bicyclic) bond motifs is 3. The van der Waals surface area contributed by atoms with E-state index in [2.05, 4.69) is 11.7 Å². The highest BCUT2D eigenvalue weighted by Crippen LogP contribution is 2.18. The number of benzene rings is 1. The van der Waals surface area contributed by atoms with Crippen molar-refractivity contribution in [1.82, 2.24) is 23.6 Å². The number of hydrogen-bond acceptors (Lipinski definition) is 4. The summed E-state index contributed by atoms with van der Waals surface area (Å²) in [4.78, 5) is 14.1. The first-order chi connectivity index (χ1) is 13.3. The first-order valence-electron chi connectivity index (χ1n) is 8.78. The fraction of sp³-hybridized carbons (Fsp3) is 0.389. The molecule has 0 atom stereocenters. The van der Waals surface area contributed by atoms with Crippen LogP contribution in [0.5, 0.6) is 0 Å². The van der Waals surface area contributed by atoms with Crippen molar-refractivity contribution in [2.45, 2.75) is 32.7 Å². The van der Waals surface area contributed by atoms with Crippen molar-refractivity contribution in [3.63, 3.8) is 0 Å². The number of aromatic nitrogens is 4. The van der Waals surface area contributed by atoms with E-state index < -0.39 is 12.7 Å². The highest BCUT2D eigenvalue weighted by molar-refractivity contribution is 7.71. The molecule has 150 valence electrons. The Morgan fingerprint density at radius 1 is 1.32 bits per heavy atom. The van der Waals surface area contributed by atoms with Gasteiger partial charge in [-0.1, -0.05) is 25.1 Å². The van der Waals surface area contributed by atoms with Crippen LogP contribution in [0.25, 0.3) is 16.7 Å². The van der Waals surface area contributed by atoms with Crippen LogP contribution in [0.3, 0.4) is 0 Å². The van der Waals surface area contributed by atoms with E-state index >= 15 is 0 Å². The SMILES string of the molecule is C=CCn1c(=O)c2ccccc2n2c(=S)n(CN(CCC)CC(F)(F)F)nc12. The summed E-state index contributed by atoms with van der Waals surface area (Å²) in [7, 11) is 0. The zero-order valence-electron chi connectivity index (χ0n) is 15.3. The van der Waals surface area contributed by atoms with Gasteiger partial charge >= 0.3 is 6.18 Å². The molecule has 0 amide bonds. The van der Waals surface area contributed by atoms with Gasteiger partial charge in [-0.2, -0.15) is 13.2 Å². The Kier molecular flexibility index (Phi) is 5.71. The fourth-order valence-corrected chi connectivity index (χ4v) is 3.49. The number of para-hydroxylation sites is 1. The number of nitrogens with zero attached hydrogens (tertiary/aromatic N) is 5. The molecule has 0 aliphatic carbocycles. The van der Waals surface area contributed by atoms with Gasteiger partial charge in [-0.05, 0) is 37.3 Å². The number of hydrogen-bond donors (Lipinski definition) is 0. The van der Waals surface area contributed by atoms with Gasteiger partial charge in [-0.3, -0.25) is 18.7 Å². The molecule has 0 bridgehead atoms. The zero-order valence-corrected chi connectivity index (χ0v) is 16.1. The quantitative estimate of drug-likeness (QED) is 0.440. The second-order valence-electron chi connectivity index (χ2n) is 6.45. The van der Waals surface area contributed by atoms with Crippen LogP contribution in [-0.2, 0) is 13.2 Å². The lowest BCUT2D eigenvalue weighted by Crippen LogP contribution is -2.36. The van der Waals surface area contributed by atoms with Crippen LogP contribution in [0.2, 0.25) is 0 Å². The zero-order chi connectivity index (χ0) is 20.5. The molecule has 0 aliphatic heterocycles. The molecule has 28 heavy (non-hydrogen) atoms. The minimum absolute atomic E-state index is 0.121. The van der Waals surface area contributed by atoms with Crippen molar-refractivity contribution < 1.29 is 13.2 Å². The largest absolute Gasteiger partial charge is 0.401 e. The van der Waals surface area contributed by atoms with Crippen LogP contribution in [0.4, 0.5) is 13.2 Å². The molecule has 3 aromatic rings. The third-order valence-electron chi connectivity index (χ3n) is 4.27. The van der Waals surface area contributed by atoms with Crippen LogP contribution in [0.1, 0.15) is 13.3 Å². The van der Waals surface area contributed by atoms with Gasteiger partial charge in [0.25, 0.3) is 5.56 Å². The summed E-state index contributed by atoms with van der Waals surface area (Å²) in [5.41, 5.74) is 0.313. The molecule has 1 aromatic carbocycles. The van der Waals surface area contributed by atoms with Crippen LogP contribution >= 0.6 is 12.2 Å². The maximum absolute atomic E-state index is 12.9. The summed E-state index contributed by atoms with van der Waals surface area (Å²) in [6.07, 6.45) is -2.21. The van der Waals surface area contributed by atoms with Gasteiger partial charge in [-0.25, -0.2) is 4.68 Å². The van der Waals surface area contributed by atoms with E-state index in [1.807, 2.05) is 6.92 Å². The van der Waals surface area contributed by atoms with Crippen molar-refractivity contribution in [2.75, 3.05) is 13.1 Å². The van der Waals surface area contributed by atoms with Crippen molar-refractivity contribution >= 4 is 28.9 Å². The molecule has 0 spiro atoms. The monoisotopic (exact) mass is 411 g/mol. The molecule has 0 saturated carbocycles. The summed E-state index contributed by atoms with van der Waals surface area (Å²) in [6.45, 7) is 4.75. The van der Waals surface area contributed by atoms with Crippen LogP contribution in [0.15, 0.2) is 41.7 Å². The summed E-state index contributed by atoms with van der Waals surface area (Å²) in [5, 5.41) is 4.83. The molecule has 2 aromatic heterocycles. The molecule has 0 saturated heterocycles. The Bertz CT molecular complexity index is 1130. The van der Waals surface area contributed by atoms with Crippen LogP contribution in [-0.4, -0.2) is 42.9 Å². The average molecular weight is 411 g/mol. The summed E-state index contributed by atoms with van der Waals surface area (Å²) >= 11 is 5.50. The predicted octanol–water partition coefficient (Wildman–Crippen LogP) is 3.60. The molecule has 6 nitrogen and oxygen atoms in total. The molecule has 0 unspecified atom stereocenters. The molecule has 0 aliphatic rings. The van der Waals surface area contributed by atoms with E-state index in [9.17, 15) is 18.0 Å². The van der Waals surface area contributed by atoms with Crippen molar-refractivity contribution in [3.05, 3.63) is 52.0 Å². The minimum atomic E-state index is -4.33. The van der Waals surface area contributed by atoms with E-state index in [-0.39, 0.29) is 35.9 Å². The number of rotatable bonds is 7. The van der Waals surface area contributed by atoms with Gasteiger partial charge in [-0.15, -0.1) is 11.7 Å². The summed E-state index contributed by atoms with van der Waals surface area (Å²) in [5.74, 6) is 0.275. The number of halogens is 3. The highest BCUT2D eigenvalue weighted by atomic mass is 32.1. The van der Waals surface area contributed by atoms with E-state index in [1.54, 1.807) is 34.7 Å². The van der Waals surface area contributed by atoms with Gasteiger partial charge in [0.15, 0.2) is 0 Å². The smallest absolute Gasteiger partial charge is 0.276 e. The normalized spacial score (nSPS) is 12.3. The Morgan fingerprint density at radius 2 is 2.04 bits per heavy atom. The Labute approximate surface area is 164 Å². The standard InChI is InChI=1S/C18H20F3N5OS/c1-3-9-23(11-18(19,20)21)12-25-17(28)26-14-8-6-5-7-13(14)15(27)24(10-4-2)16(26)22-25/h4-8H,2-3,9-12H2,1H3. The maximum atomic E-state index is 12.9. The molecule has 3 rings (SSSR count). The topological polar surface area (TPSA) is 47.5 Å². The van der Waals surface area contributed by atoms with Gasteiger partial charge < -0.3 is 0 Å².